The summed E-state index contributed by atoms with van der Waals surface area (Å²) in [7, 11) is 0. The van der Waals surface area contributed by atoms with Crippen molar-refractivity contribution in [2.45, 2.75) is 20.4 Å². The molecule has 0 saturated heterocycles. The van der Waals surface area contributed by atoms with Crippen LogP contribution in [0.5, 0.6) is 0 Å². The Labute approximate surface area is 137 Å². The number of nitrogens with zero attached hydrogens (tertiary/aromatic N) is 2. The Kier molecular flexibility index (Phi) is 4.57. The first-order valence-electron chi connectivity index (χ1n) is 7.79. The highest BCUT2D eigenvalue weighted by atomic mass is 15.4. The number of anilines is 1. The zero-order valence-electron chi connectivity index (χ0n) is 13.5. The predicted molar refractivity (Wildman–Crippen MR) is 96.9 cm³/mol. The molecule has 3 rings (SSSR count). The highest BCUT2D eigenvalue weighted by Gasteiger charge is 2.06. The Balaban J connectivity index is 1.87. The normalized spacial score (nSPS) is 11.0. The summed E-state index contributed by atoms with van der Waals surface area (Å²) < 4.78 is 0. The van der Waals surface area contributed by atoms with Crippen molar-refractivity contribution >= 4 is 11.9 Å². The molecule has 116 valence electrons. The summed E-state index contributed by atoms with van der Waals surface area (Å²) in [5.74, 6) is 0. The van der Waals surface area contributed by atoms with Gasteiger partial charge in [-0.15, -0.1) is 0 Å². The van der Waals surface area contributed by atoms with E-state index in [1.807, 2.05) is 35.5 Å². The number of benzene rings is 2. The van der Waals surface area contributed by atoms with Gasteiger partial charge in [0.1, 0.15) is 0 Å². The number of rotatable bonds is 5. The van der Waals surface area contributed by atoms with Crippen LogP contribution in [0.4, 0.5) is 5.69 Å². The molecule has 0 saturated carbocycles. The Bertz CT molecular complexity index is 773. The van der Waals surface area contributed by atoms with Gasteiger partial charge < -0.3 is 4.98 Å². The van der Waals surface area contributed by atoms with Crippen LogP contribution < -0.4 is 5.01 Å². The van der Waals surface area contributed by atoms with Crippen molar-refractivity contribution in [2.75, 3.05) is 5.01 Å². The molecule has 1 aromatic heterocycles. The summed E-state index contributed by atoms with van der Waals surface area (Å²) in [5, 5.41) is 6.75. The highest BCUT2D eigenvalue weighted by molar-refractivity contribution is 5.82. The van der Waals surface area contributed by atoms with E-state index in [0.29, 0.717) is 0 Å². The van der Waals surface area contributed by atoms with Gasteiger partial charge in [-0.25, -0.2) is 0 Å². The van der Waals surface area contributed by atoms with Crippen LogP contribution in [0, 0.1) is 13.8 Å². The molecule has 0 aliphatic heterocycles. The van der Waals surface area contributed by atoms with Crippen molar-refractivity contribution < 1.29 is 0 Å². The number of aromatic nitrogens is 1. The highest BCUT2D eigenvalue weighted by Crippen LogP contribution is 2.17. The van der Waals surface area contributed by atoms with Crippen LogP contribution in [0.15, 0.2) is 71.8 Å². The van der Waals surface area contributed by atoms with Crippen LogP contribution >= 0.6 is 0 Å². The van der Waals surface area contributed by atoms with Crippen molar-refractivity contribution in [3.05, 3.63) is 89.2 Å². The van der Waals surface area contributed by atoms with Gasteiger partial charge in [0.25, 0.3) is 0 Å². The predicted octanol–water partition coefficient (Wildman–Crippen LogP) is 4.67. The van der Waals surface area contributed by atoms with Crippen molar-refractivity contribution in [2.24, 2.45) is 5.10 Å². The largest absolute Gasteiger partial charge is 0.362 e. The van der Waals surface area contributed by atoms with E-state index in [4.69, 9.17) is 5.10 Å². The lowest BCUT2D eigenvalue weighted by molar-refractivity contribution is 0.858. The summed E-state index contributed by atoms with van der Waals surface area (Å²) in [5.41, 5.74) is 5.72. The minimum absolute atomic E-state index is 0.740. The molecule has 0 amide bonds. The van der Waals surface area contributed by atoms with Gasteiger partial charge in [-0.05, 0) is 37.6 Å². The molecule has 3 heteroatoms. The third kappa shape index (κ3) is 3.89. The number of H-pyrrole nitrogens is 1. The summed E-state index contributed by atoms with van der Waals surface area (Å²) in [4.78, 5) is 3.31. The first-order valence-corrected chi connectivity index (χ1v) is 7.79. The van der Waals surface area contributed by atoms with Gasteiger partial charge in [-0.2, -0.15) is 5.10 Å². The molecule has 0 radical (unpaired) electrons. The lowest BCUT2D eigenvalue weighted by Gasteiger charge is -2.19. The van der Waals surface area contributed by atoms with Crippen molar-refractivity contribution in [3.63, 3.8) is 0 Å². The maximum atomic E-state index is 4.72. The lowest BCUT2D eigenvalue weighted by atomic mass is 10.2. The van der Waals surface area contributed by atoms with Gasteiger partial charge in [0.2, 0.25) is 0 Å². The second-order valence-electron chi connectivity index (χ2n) is 5.66. The topological polar surface area (TPSA) is 31.4 Å². The third-order valence-electron chi connectivity index (χ3n) is 3.76. The molecule has 3 nitrogen and oxygen atoms in total. The van der Waals surface area contributed by atoms with E-state index in [1.54, 1.807) is 0 Å². The fourth-order valence-electron chi connectivity index (χ4n) is 2.57. The first kappa shape index (κ1) is 15.1. The Hall–Kier alpha value is -2.81. The van der Waals surface area contributed by atoms with Gasteiger partial charge >= 0.3 is 0 Å². The Morgan fingerprint density at radius 2 is 1.61 bits per heavy atom. The van der Waals surface area contributed by atoms with Crippen molar-refractivity contribution in [3.8, 4) is 0 Å². The second-order valence-corrected chi connectivity index (χ2v) is 5.66. The first-order chi connectivity index (χ1) is 11.2. The Morgan fingerprint density at radius 1 is 0.957 bits per heavy atom. The number of nitrogens with one attached hydrogen (secondary N) is 1. The maximum Gasteiger partial charge on any atom is 0.0666 e. The maximum absolute atomic E-state index is 4.72. The van der Waals surface area contributed by atoms with Crippen LogP contribution in [-0.2, 0) is 6.54 Å². The van der Waals surface area contributed by atoms with Crippen LogP contribution in [0.25, 0.3) is 0 Å². The number of aryl methyl sites for hydroxylation is 2. The van der Waals surface area contributed by atoms with E-state index < -0.39 is 0 Å². The van der Waals surface area contributed by atoms with Gasteiger partial charge in [0.05, 0.1) is 18.4 Å². The monoisotopic (exact) mass is 303 g/mol. The van der Waals surface area contributed by atoms with E-state index in [2.05, 4.69) is 61.3 Å². The molecule has 0 aliphatic carbocycles. The Morgan fingerprint density at radius 3 is 2.22 bits per heavy atom. The molecular formula is C20H21N3. The fourth-order valence-corrected chi connectivity index (χ4v) is 2.57. The second kappa shape index (κ2) is 6.97. The van der Waals surface area contributed by atoms with Crippen LogP contribution in [0.1, 0.15) is 22.5 Å². The summed E-state index contributed by atoms with van der Waals surface area (Å²) in [6.45, 7) is 4.87. The fraction of sp³-hybridized carbons (Fsp3) is 0.150. The number of para-hydroxylation sites is 1. The van der Waals surface area contributed by atoms with Crippen molar-refractivity contribution in [1.29, 1.82) is 0 Å². The molecule has 0 bridgehead atoms. The molecular weight excluding hydrogens is 282 g/mol. The molecule has 1 N–H and O–H groups in total. The van der Waals surface area contributed by atoms with Gasteiger partial charge in [-0.3, -0.25) is 5.01 Å². The van der Waals surface area contributed by atoms with E-state index in [-0.39, 0.29) is 0 Å². The molecule has 0 unspecified atom stereocenters. The zero-order valence-corrected chi connectivity index (χ0v) is 13.5. The van der Waals surface area contributed by atoms with Gasteiger partial charge in [0.15, 0.2) is 0 Å². The summed E-state index contributed by atoms with van der Waals surface area (Å²) >= 11 is 0. The molecule has 0 aliphatic rings. The smallest absolute Gasteiger partial charge is 0.0666 e. The average molecular weight is 303 g/mol. The summed E-state index contributed by atoms with van der Waals surface area (Å²) in [6, 6.07) is 22.8. The molecule has 3 aromatic rings. The van der Waals surface area contributed by atoms with Crippen LogP contribution in [0.3, 0.4) is 0 Å². The molecule has 0 spiro atoms. The standard InChI is InChI=1S/C20H21N3/c1-16-13-19(17(2)22-16)14-21-23(20-11-7-4-8-12-20)15-18-9-5-3-6-10-18/h3-14,22H,15H2,1-2H3/b21-14+. The molecule has 23 heavy (non-hydrogen) atoms. The van der Waals surface area contributed by atoms with E-state index in [0.717, 1.165) is 29.2 Å². The third-order valence-corrected chi connectivity index (χ3v) is 3.76. The van der Waals surface area contributed by atoms with Crippen LogP contribution in [-0.4, -0.2) is 11.2 Å². The number of hydrogen-bond donors (Lipinski definition) is 1. The van der Waals surface area contributed by atoms with E-state index in [9.17, 15) is 0 Å². The lowest BCUT2D eigenvalue weighted by Crippen LogP contribution is -2.16. The molecule has 2 aromatic carbocycles. The number of aromatic amines is 1. The minimum Gasteiger partial charge on any atom is -0.362 e. The quantitative estimate of drug-likeness (QED) is 0.539. The molecule has 0 atom stereocenters. The van der Waals surface area contributed by atoms with Gasteiger partial charge in [0, 0.05) is 17.0 Å². The summed E-state index contributed by atoms with van der Waals surface area (Å²) in [6.07, 6.45) is 1.93. The minimum atomic E-state index is 0.740. The SMILES string of the molecule is Cc1cc(/C=N/N(Cc2ccccc2)c2ccccc2)c(C)[nH]1. The molecule has 0 fully saturated rings. The van der Waals surface area contributed by atoms with Gasteiger partial charge in [-0.1, -0.05) is 48.5 Å². The average Bonchev–Trinajstić information content (AvgIpc) is 2.91. The number of hydrogen-bond acceptors (Lipinski definition) is 2. The number of hydrazone groups is 1. The van der Waals surface area contributed by atoms with Crippen molar-refractivity contribution in [1.82, 2.24) is 4.98 Å². The van der Waals surface area contributed by atoms with E-state index in [1.165, 1.54) is 5.56 Å². The van der Waals surface area contributed by atoms with Crippen LogP contribution in [0.2, 0.25) is 0 Å². The molecule has 1 heterocycles. The zero-order chi connectivity index (χ0) is 16.1. The van der Waals surface area contributed by atoms with E-state index >= 15 is 0 Å².